The fourth-order valence-corrected chi connectivity index (χ4v) is 3.31. The highest BCUT2D eigenvalue weighted by Gasteiger charge is 2.37. The number of ether oxygens (including phenoxy) is 2. The van der Waals surface area contributed by atoms with Crippen molar-refractivity contribution in [2.24, 2.45) is 0 Å². The molecule has 0 unspecified atom stereocenters. The third-order valence-corrected chi connectivity index (χ3v) is 5.19. The van der Waals surface area contributed by atoms with E-state index in [0.29, 0.717) is 6.61 Å². The topological polar surface area (TPSA) is 79.2 Å². The Morgan fingerprint density at radius 2 is 1.41 bits per heavy atom. The van der Waals surface area contributed by atoms with Gasteiger partial charge in [-0.1, -0.05) is 64.0 Å². The highest BCUT2D eigenvalue weighted by molar-refractivity contribution is 4.86. The van der Waals surface area contributed by atoms with Crippen LogP contribution in [0.5, 0.6) is 0 Å². The van der Waals surface area contributed by atoms with Crippen molar-refractivity contribution in [1.29, 1.82) is 0 Å². The molecule has 27 heavy (non-hydrogen) atoms. The predicted octanol–water partition coefficient (Wildman–Crippen LogP) is 3.74. The molecule has 0 radical (unpaired) electrons. The second-order valence-electron chi connectivity index (χ2n) is 7.73. The molecule has 3 N–H and O–H groups in total. The van der Waals surface area contributed by atoms with Crippen LogP contribution < -0.4 is 0 Å². The molecule has 5 nitrogen and oxygen atoms in total. The van der Waals surface area contributed by atoms with Gasteiger partial charge in [0.05, 0.1) is 13.2 Å². The maximum Gasteiger partial charge on any atom is 0.111 e. The fraction of sp³-hybridized carbons (Fsp3) is 0.909. The van der Waals surface area contributed by atoms with E-state index in [0.717, 1.165) is 12.8 Å². The summed E-state index contributed by atoms with van der Waals surface area (Å²) in [6.07, 6.45) is 16.0. The van der Waals surface area contributed by atoms with Gasteiger partial charge in [-0.05, 0) is 32.1 Å². The Kier molecular flexibility index (Phi) is 15.0. The Morgan fingerprint density at radius 1 is 0.815 bits per heavy atom. The van der Waals surface area contributed by atoms with Crippen molar-refractivity contribution < 1.29 is 24.8 Å². The Hall–Kier alpha value is -0.460. The molecule has 0 aromatic carbocycles. The van der Waals surface area contributed by atoms with Crippen LogP contribution >= 0.6 is 0 Å². The molecule has 0 aromatic heterocycles. The minimum atomic E-state index is -1.15. The number of allylic oxidation sites excluding steroid dienone is 2. The Labute approximate surface area is 165 Å². The minimum Gasteiger partial charge on any atom is -0.388 e. The molecule has 0 spiro atoms. The maximum atomic E-state index is 9.81. The monoisotopic (exact) mass is 386 g/mol. The molecule has 1 aliphatic rings. The van der Waals surface area contributed by atoms with Crippen molar-refractivity contribution in [3.05, 3.63) is 12.2 Å². The predicted molar refractivity (Wildman–Crippen MR) is 109 cm³/mol. The smallest absolute Gasteiger partial charge is 0.111 e. The van der Waals surface area contributed by atoms with Gasteiger partial charge in [-0.3, -0.25) is 0 Å². The molecule has 0 saturated carbocycles. The van der Waals surface area contributed by atoms with Gasteiger partial charge in [-0.15, -0.1) is 0 Å². The average Bonchev–Trinajstić information content (AvgIpc) is 2.67. The van der Waals surface area contributed by atoms with Crippen LogP contribution in [0.15, 0.2) is 12.2 Å². The normalized spacial score (nSPS) is 26.1. The van der Waals surface area contributed by atoms with Crippen molar-refractivity contribution in [2.45, 2.75) is 108 Å². The lowest BCUT2D eigenvalue weighted by Gasteiger charge is -2.35. The Bertz CT molecular complexity index is 361. The zero-order chi connectivity index (χ0) is 19.7. The van der Waals surface area contributed by atoms with Gasteiger partial charge in [0.2, 0.25) is 0 Å². The molecule has 5 heteroatoms. The number of hydrogen-bond acceptors (Lipinski definition) is 5. The van der Waals surface area contributed by atoms with Gasteiger partial charge < -0.3 is 24.8 Å². The fourth-order valence-electron chi connectivity index (χ4n) is 3.31. The van der Waals surface area contributed by atoms with Crippen LogP contribution in [0, 0.1) is 0 Å². The molecule has 0 aromatic rings. The van der Waals surface area contributed by atoms with Gasteiger partial charge >= 0.3 is 0 Å². The van der Waals surface area contributed by atoms with Gasteiger partial charge in [-0.2, -0.15) is 0 Å². The molecule has 0 bridgehead atoms. The van der Waals surface area contributed by atoms with E-state index < -0.39 is 24.4 Å². The average molecular weight is 387 g/mol. The molecule has 1 rings (SSSR count). The van der Waals surface area contributed by atoms with E-state index in [4.69, 9.17) is 9.47 Å². The first-order valence-corrected chi connectivity index (χ1v) is 11.0. The van der Waals surface area contributed by atoms with Crippen molar-refractivity contribution in [3.8, 4) is 0 Å². The first-order chi connectivity index (χ1) is 13.2. The van der Waals surface area contributed by atoms with E-state index in [1.54, 1.807) is 0 Å². The third-order valence-electron chi connectivity index (χ3n) is 5.19. The van der Waals surface area contributed by atoms with E-state index in [1.807, 2.05) is 0 Å². The summed E-state index contributed by atoms with van der Waals surface area (Å²) < 4.78 is 10.9. The first-order valence-electron chi connectivity index (χ1n) is 11.0. The summed E-state index contributed by atoms with van der Waals surface area (Å²) >= 11 is 0. The second-order valence-corrected chi connectivity index (χ2v) is 7.73. The molecular formula is C22H42O5. The molecule has 160 valence electrons. The summed E-state index contributed by atoms with van der Waals surface area (Å²) in [5.41, 5.74) is 0. The molecule has 0 aliphatic carbocycles. The summed E-state index contributed by atoms with van der Waals surface area (Å²) in [6.45, 7) is 3.19. The maximum absolute atomic E-state index is 9.81. The van der Waals surface area contributed by atoms with Crippen molar-refractivity contribution in [2.75, 3.05) is 19.8 Å². The lowest BCUT2D eigenvalue weighted by atomic mass is 10.0. The number of unbranched alkanes of at least 4 members (excludes halogenated alkanes) is 10. The number of rotatable bonds is 16. The van der Waals surface area contributed by atoms with E-state index in [9.17, 15) is 15.3 Å². The number of hydrogen-bond donors (Lipinski definition) is 3. The van der Waals surface area contributed by atoms with Crippen LogP contribution in [-0.4, -0.2) is 59.6 Å². The molecule has 0 amide bonds. The molecule has 1 heterocycles. The first kappa shape index (κ1) is 24.6. The lowest BCUT2D eigenvalue weighted by molar-refractivity contribution is -0.199. The van der Waals surface area contributed by atoms with E-state index >= 15 is 0 Å². The van der Waals surface area contributed by atoms with Crippen molar-refractivity contribution in [1.82, 2.24) is 0 Å². The summed E-state index contributed by atoms with van der Waals surface area (Å²) in [7, 11) is 0. The van der Waals surface area contributed by atoms with Crippen LogP contribution in [0.1, 0.15) is 84.0 Å². The van der Waals surface area contributed by atoms with Crippen molar-refractivity contribution >= 4 is 0 Å². The zero-order valence-corrected chi connectivity index (χ0v) is 17.2. The van der Waals surface area contributed by atoms with Crippen molar-refractivity contribution in [3.63, 3.8) is 0 Å². The molecular weight excluding hydrogens is 344 g/mol. The zero-order valence-electron chi connectivity index (χ0n) is 17.2. The van der Waals surface area contributed by atoms with Gasteiger partial charge in [0.25, 0.3) is 0 Å². The highest BCUT2D eigenvalue weighted by atomic mass is 16.6. The summed E-state index contributed by atoms with van der Waals surface area (Å²) in [5, 5.41) is 28.8. The highest BCUT2D eigenvalue weighted by Crippen LogP contribution is 2.16. The van der Waals surface area contributed by atoms with Gasteiger partial charge in [-0.25, -0.2) is 0 Å². The molecule has 1 aliphatic heterocycles. The Morgan fingerprint density at radius 3 is 2.07 bits per heavy atom. The largest absolute Gasteiger partial charge is 0.388 e. The van der Waals surface area contributed by atoms with Crippen LogP contribution in [0.4, 0.5) is 0 Å². The number of aliphatic hydroxyl groups is 3. The molecule has 1 saturated heterocycles. The second kappa shape index (κ2) is 16.5. The van der Waals surface area contributed by atoms with E-state index in [-0.39, 0.29) is 13.2 Å². The standard InChI is InChI=1S/C22H42O5/c1-2-3-4-5-6-7-8-9-10-11-12-13-14-15-16-26-18-20-22(25)21(24)19(23)17-27-20/h6-7,19-25H,2-5,8-18H2,1H3/b7-6+/t19-,20+,21+,22+/m1/s1. The summed E-state index contributed by atoms with van der Waals surface area (Å²) in [6, 6.07) is 0. The summed E-state index contributed by atoms with van der Waals surface area (Å²) in [5.74, 6) is 0. The SMILES string of the molecule is CCCCC/C=C/CCCCCCCCCOC[C@@H]1OC[C@@H](O)[C@H](O)[C@H]1O. The minimum absolute atomic E-state index is 0.0426. The van der Waals surface area contributed by atoms with Gasteiger partial charge in [0, 0.05) is 6.61 Å². The van der Waals surface area contributed by atoms with Gasteiger partial charge in [0.1, 0.15) is 24.4 Å². The van der Waals surface area contributed by atoms with E-state index in [1.165, 1.54) is 64.2 Å². The number of aliphatic hydroxyl groups excluding tert-OH is 3. The Balaban J connectivity index is 1.82. The summed E-state index contributed by atoms with van der Waals surface area (Å²) in [4.78, 5) is 0. The van der Waals surface area contributed by atoms with E-state index in [2.05, 4.69) is 19.1 Å². The van der Waals surface area contributed by atoms with Crippen LogP contribution in [-0.2, 0) is 9.47 Å². The third kappa shape index (κ3) is 11.9. The van der Waals surface area contributed by atoms with Crippen LogP contribution in [0.2, 0.25) is 0 Å². The lowest BCUT2D eigenvalue weighted by Crippen LogP contribution is -2.54. The molecule has 4 atom stereocenters. The molecule has 1 fully saturated rings. The van der Waals surface area contributed by atoms with Crippen LogP contribution in [0.3, 0.4) is 0 Å². The quantitative estimate of drug-likeness (QED) is 0.278. The van der Waals surface area contributed by atoms with Gasteiger partial charge in [0.15, 0.2) is 0 Å². The van der Waals surface area contributed by atoms with Crippen LogP contribution in [0.25, 0.3) is 0 Å².